The van der Waals surface area contributed by atoms with E-state index in [1.807, 2.05) is 18.2 Å². The first-order chi connectivity index (χ1) is 8.79. The first-order valence-electron chi connectivity index (χ1n) is 6.10. The number of benzene rings is 1. The quantitative estimate of drug-likeness (QED) is 0.874. The molecule has 0 aliphatic carbocycles. The highest BCUT2D eigenvalue weighted by Crippen LogP contribution is 2.36. The number of anilines is 2. The van der Waals surface area contributed by atoms with Crippen LogP contribution in [-0.2, 0) is 13.0 Å². The predicted octanol–water partition coefficient (Wildman–Crippen LogP) is 2.05. The number of aromatic nitrogens is 2. The molecule has 1 aliphatic rings. The zero-order valence-electron chi connectivity index (χ0n) is 10.2. The largest absolute Gasteiger partial charge is 0.390 e. The van der Waals surface area contributed by atoms with E-state index in [-0.39, 0.29) is 6.61 Å². The molecule has 0 saturated carbocycles. The minimum Gasteiger partial charge on any atom is -0.390 e. The van der Waals surface area contributed by atoms with Gasteiger partial charge >= 0.3 is 0 Å². The molecule has 0 radical (unpaired) electrons. The van der Waals surface area contributed by atoms with Crippen LogP contribution in [0.15, 0.2) is 36.4 Å². The molecule has 2 heterocycles. The van der Waals surface area contributed by atoms with E-state index >= 15 is 0 Å². The third-order valence-corrected chi connectivity index (χ3v) is 3.32. The van der Waals surface area contributed by atoms with Crippen molar-refractivity contribution < 1.29 is 5.11 Å². The van der Waals surface area contributed by atoms with Gasteiger partial charge in [-0.3, -0.25) is 0 Å². The molecule has 1 N–H and O–H groups in total. The van der Waals surface area contributed by atoms with E-state index in [4.69, 9.17) is 5.11 Å². The molecule has 4 heteroatoms. The highest BCUT2D eigenvalue weighted by atomic mass is 16.3. The molecule has 2 aromatic rings. The molecule has 0 fully saturated rings. The van der Waals surface area contributed by atoms with Gasteiger partial charge in [0.15, 0.2) is 5.82 Å². The van der Waals surface area contributed by atoms with Gasteiger partial charge in [-0.05, 0) is 37.1 Å². The molecule has 1 aromatic carbocycles. The van der Waals surface area contributed by atoms with Crippen LogP contribution in [0.1, 0.15) is 18.2 Å². The second-order valence-electron chi connectivity index (χ2n) is 4.59. The summed E-state index contributed by atoms with van der Waals surface area (Å²) in [5, 5.41) is 17.2. The molecule has 92 valence electrons. The third-order valence-electron chi connectivity index (χ3n) is 3.32. The van der Waals surface area contributed by atoms with Gasteiger partial charge in [-0.15, -0.1) is 5.10 Å². The number of fused-ring (bicyclic) bond motifs is 1. The van der Waals surface area contributed by atoms with Crippen molar-refractivity contribution in [3.05, 3.63) is 47.7 Å². The first kappa shape index (κ1) is 11.2. The van der Waals surface area contributed by atoms with Gasteiger partial charge in [-0.25, -0.2) is 0 Å². The predicted molar refractivity (Wildman–Crippen MR) is 69.7 cm³/mol. The van der Waals surface area contributed by atoms with Gasteiger partial charge in [-0.2, -0.15) is 5.10 Å². The molecule has 0 bridgehead atoms. The normalized spacial score (nSPS) is 17.9. The Hall–Kier alpha value is -1.94. The molecule has 3 rings (SSSR count). The lowest BCUT2D eigenvalue weighted by Gasteiger charge is -2.23. The minimum atomic E-state index is -0.0700. The minimum absolute atomic E-state index is 0.0700. The van der Waals surface area contributed by atoms with Crippen LogP contribution in [0.4, 0.5) is 11.5 Å². The lowest BCUT2D eigenvalue weighted by molar-refractivity contribution is 0.275. The zero-order chi connectivity index (χ0) is 12.5. The van der Waals surface area contributed by atoms with Crippen molar-refractivity contribution in [1.29, 1.82) is 0 Å². The fourth-order valence-electron chi connectivity index (χ4n) is 2.48. The SMILES string of the molecule is CC1Cc2ccccc2N1c1ccc(CO)nn1. The van der Waals surface area contributed by atoms with Crippen molar-refractivity contribution in [2.45, 2.75) is 26.0 Å². The van der Waals surface area contributed by atoms with Gasteiger partial charge in [0.1, 0.15) is 0 Å². The smallest absolute Gasteiger partial charge is 0.155 e. The van der Waals surface area contributed by atoms with Crippen LogP contribution in [0.2, 0.25) is 0 Å². The average Bonchev–Trinajstić information content (AvgIpc) is 2.75. The number of para-hydroxylation sites is 1. The lowest BCUT2D eigenvalue weighted by Crippen LogP contribution is -2.25. The summed E-state index contributed by atoms with van der Waals surface area (Å²) < 4.78 is 0. The van der Waals surface area contributed by atoms with E-state index < -0.39 is 0 Å². The average molecular weight is 241 g/mol. The standard InChI is InChI=1S/C14H15N3O/c1-10-8-11-4-2-3-5-13(11)17(10)14-7-6-12(9-18)15-16-14/h2-7,10,18H,8-9H2,1H3. The fraction of sp³-hybridized carbons (Fsp3) is 0.286. The van der Waals surface area contributed by atoms with E-state index in [2.05, 4.69) is 40.2 Å². The van der Waals surface area contributed by atoms with Gasteiger partial charge in [0.05, 0.1) is 12.3 Å². The molecule has 0 spiro atoms. The van der Waals surface area contributed by atoms with Gasteiger partial charge in [0.2, 0.25) is 0 Å². The summed E-state index contributed by atoms with van der Waals surface area (Å²) in [4.78, 5) is 2.20. The van der Waals surface area contributed by atoms with E-state index in [0.717, 1.165) is 12.2 Å². The Bertz CT molecular complexity index is 553. The third kappa shape index (κ3) is 1.75. The molecular weight excluding hydrogens is 226 g/mol. The Morgan fingerprint density at radius 2 is 2.06 bits per heavy atom. The summed E-state index contributed by atoms with van der Waals surface area (Å²) in [6.07, 6.45) is 1.03. The van der Waals surface area contributed by atoms with E-state index in [9.17, 15) is 0 Å². The van der Waals surface area contributed by atoms with Crippen molar-refractivity contribution >= 4 is 11.5 Å². The van der Waals surface area contributed by atoms with Crippen LogP contribution < -0.4 is 4.90 Å². The monoisotopic (exact) mass is 241 g/mol. The van der Waals surface area contributed by atoms with Crippen molar-refractivity contribution in [1.82, 2.24) is 10.2 Å². The number of rotatable bonds is 2. The molecule has 4 nitrogen and oxygen atoms in total. The summed E-state index contributed by atoms with van der Waals surface area (Å²) in [7, 11) is 0. The molecule has 0 saturated heterocycles. The number of aliphatic hydroxyl groups excluding tert-OH is 1. The van der Waals surface area contributed by atoms with Crippen LogP contribution >= 0.6 is 0 Å². The van der Waals surface area contributed by atoms with Crippen molar-refractivity contribution in [3.8, 4) is 0 Å². The Balaban J connectivity index is 2.00. The van der Waals surface area contributed by atoms with Gasteiger partial charge in [0.25, 0.3) is 0 Å². The maximum atomic E-state index is 8.99. The summed E-state index contributed by atoms with van der Waals surface area (Å²) in [6, 6.07) is 12.5. The second kappa shape index (κ2) is 4.38. The molecular formula is C14H15N3O. The van der Waals surface area contributed by atoms with Gasteiger partial charge in [-0.1, -0.05) is 18.2 Å². The topological polar surface area (TPSA) is 49.2 Å². The summed E-state index contributed by atoms with van der Waals surface area (Å²) in [6.45, 7) is 2.11. The summed E-state index contributed by atoms with van der Waals surface area (Å²) >= 11 is 0. The maximum absolute atomic E-state index is 8.99. The number of hydrogen-bond acceptors (Lipinski definition) is 4. The summed E-state index contributed by atoms with van der Waals surface area (Å²) in [5.74, 6) is 0.838. The lowest BCUT2D eigenvalue weighted by atomic mass is 10.1. The van der Waals surface area contributed by atoms with Gasteiger partial charge < -0.3 is 10.0 Å². The molecule has 0 amide bonds. The van der Waals surface area contributed by atoms with Gasteiger partial charge in [0, 0.05) is 11.7 Å². The highest BCUT2D eigenvalue weighted by Gasteiger charge is 2.27. The fourth-order valence-corrected chi connectivity index (χ4v) is 2.48. The maximum Gasteiger partial charge on any atom is 0.155 e. The Morgan fingerprint density at radius 1 is 1.22 bits per heavy atom. The van der Waals surface area contributed by atoms with Crippen LogP contribution in [-0.4, -0.2) is 21.3 Å². The Labute approximate surface area is 106 Å². The van der Waals surface area contributed by atoms with Crippen molar-refractivity contribution in [2.24, 2.45) is 0 Å². The van der Waals surface area contributed by atoms with E-state index in [0.29, 0.717) is 11.7 Å². The first-order valence-corrected chi connectivity index (χ1v) is 6.10. The molecule has 1 aromatic heterocycles. The Morgan fingerprint density at radius 3 is 2.78 bits per heavy atom. The number of hydrogen-bond donors (Lipinski definition) is 1. The van der Waals surface area contributed by atoms with Crippen LogP contribution in [0.3, 0.4) is 0 Å². The van der Waals surface area contributed by atoms with E-state index in [1.165, 1.54) is 11.3 Å². The molecule has 1 unspecified atom stereocenters. The molecule has 18 heavy (non-hydrogen) atoms. The second-order valence-corrected chi connectivity index (χ2v) is 4.59. The number of nitrogens with zero attached hydrogens (tertiary/aromatic N) is 3. The highest BCUT2D eigenvalue weighted by molar-refractivity contribution is 5.68. The van der Waals surface area contributed by atoms with Crippen molar-refractivity contribution in [2.75, 3.05) is 4.90 Å². The molecule has 1 atom stereocenters. The van der Waals surface area contributed by atoms with Crippen LogP contribution in [0.5, 0.6) is 0 Å². The van der Waals surface area contributed by atoms with Crippen molar-refractivity contribution in [3.63, 3.8) is 0 Å². The van der Waals surface area contributed by atoms with Crippen LogP contribution in [0, 0.1) is 0 Å². The summed E-state index contributed by atoms with van der Waals surface area (Å²) in [5.41, 5.74) is 3.15. The zero-order valence-corrected chi connectivity index (χ0v) is 10.2. The Kier molecular flexibility index (Phi) is 2.72. The van der Waals surface area contributed by atoms with Crippen LogP contribution in [0.25, 0.3) is 0 Å². The number of aliphatic hydroxyl groups is 1. The van der Waals surface area contributed by atoms with E-state index in [1.54, 1.807) is 0 Å². The molecule has 1 aliphatic heterocycles.